The minimum absolute atomic E-state index is 0.211. The topological polar surface area (TPSA) is 57.1 Å². The summed E-state index contributed by atoms with van der Waals surface area (Å²) < 4.78 is 20.0. The van der Waals surface area contributed by atoms with Gasteiger partial charge in [-0.05, 0) is 103 Å². The van der Waals surface area contributed by atoms with Crippen molar-refractivity contribution in [2.75, 3.05) is 6.61 Å². The number of nitrogens with zero attached hydrogens (tertiary/aromatic N) is 1. The zero-order chi connectivity index (χ0) is 23.4. The maximum Gasteiger partial charge on any atom is 0.363 e. The van der Waals surface area contributed by atoms with Gasteiger partial charge in [-0.3, -0.25) is 0 Å². The monoisotopic (exact) mass is 681 g/mol. The Morgan fingerprint density at radius 1 is 1.03 bits per heavy atom. The summed E-state index contributed by atoms with van der Waals surface area (Å²) >= 11 is 9.34. The van der Waals surface area contributed by atoms with Crippen molar-refractivity contribution in [3.63, 3.8) is 0 Å². The lowest BCUT2D eigenvalue weighted by Gasteiger charge is -2.15. The Bertz CT molecular complexity index is 1270. The summed E-state index contributed by atoms with van der Waals surface area (Å²) in [4.78, 5) is 16.8. The van der Waals surface area contributed by atoms with Crippen LogP contribution < -0.4 is 9.47 Å². The molecule has 1 heterocycles. The first kappa shape index (κ1) is 24.0. The fraction of sp³-hybridized carbons (Fsp3) is 0.120. The number of hydrogen-bond acceptors (Lipinski definition) is 5. The van der Waals surface area contributed by atoms with Crippen LogP contribution in [0.15, 0.2) is 80.3 Å². The first-order chi connectivity index (χ1) is 16.0. The predicted molar refractivity (Wildman–Crippen MR) is 144 cm³/mol. The molecule has 5 nitrogen and oxygen atoms in total. The Hall–Kier alpha value is -2.17. The predicted octanol–water partition coefficient (Wildman–Crippen LogP) is 7.14. The molecule has 0 bridgehead atoms. The molecular weight excluding hydrogens is 665 g/mol. The summed E-state index contributed by atoms with van der Waals surface area (Å²) in [6.45, 7) is 2.79. The van der Waals surface area contributed by atoms with Gasteiger partial charge in [0.05, 0.1) is 16.6 Å². The Kier molecular flexibility index (Phi) is 7.87. The highest BCUT2D eigenvalue weighted by molar-refractivity contribution is 14.1. The van der Waals surface area contributed by atoms with Crippen molar-refractivity contribution in [3.8, 4) is 11.5 Å². The van der Waals surface area contributed by atoms with Crippen molar-refractivity contribution in [2.24, 2.45) is 4.99 Å². The number of halogens is 3. The quantitative estimate of drug-likeness (QED) is 0.151. The molecule has 0 aromatic heterocycles. The van der Waals surface area contributed by atoms with E-state index < -0.39 is 5.97 Å². The molecule has 0 atom stereocenters. The van der Waals surface area contributed by atoms with E-state index >= 15 is 0 Å². The van der Waals surface area contributed by atoms with Crippen LogP contribution in [-0.2, 0) is 16.1 Å². The van der Waals surface area contributed by atoms with Gasteiger partial charge in [0.15, 0.2) is 17.2 Å². The fourth-order valence-corrected chi connectivity index (χ4v) is 4.73. The molecule has 0 N–H and O–H groups in total. The summed E-state index contributed by atoms with van der Waals surface area (Å²) in [6.07, 6.45) is 1.67. The zero-order valence-electron chi connectivity index (χ0n) is 17.5. The lowest BCUT2D eigenvalue weighted by molar-refractivity contribution is -0.129. The van der Waals surface area contributed by atoms with E-state index in [1.54, 1.807) is 6.08 Å². The Labute approximate surface area is 222 Å². The number of benzene rings is 3. The van der Waals surface area contributed by atoms with E-state index in [4.69, 9.17) is 14.2 Å². The third kappa shape index (κ3) is 5.67. The molecule has 8 heteroatoms. The van der Waals surface area contributed by atoms with E-state index in [0.717, 1.165) is 19.2 Å². The lowest BCUT2D eigenvalue weighted by atomic mass is 10.1. The van der Waals surface area contributed by atoms with E-state index in [0.29, 0.717) is 34.7 Å². The smallest absolute Gasteiger partial charge is 0.363 e. The van der Waals surface area contributed by atoms with Gasteiger partial charge < -0.3 is 14.2 Å². The maximum absolute atomic E-state index is 12.4. The molecule has 168 valence electrons. The highest BCUT2D eigenvalue weighted by Crippen LogP contribution is 2.38. The first-order valence-corrected chi connectivity index (χ1v) is 12.7. The Balaban J connectivity index is 1.63. The number of carbonyl (C=O) groups excluding carboxylic acids is 1. The van der Waals surface area contributed by atoms with E-state index in [2.05, 4.69) is 59.4 Å². The van der Waals surface area contributed by atoms with Crippen molar-refractivity contribution >= 4 is 72.4 Å². The van der Waals surface area contributed by atoms with Gasteiger partial charge in [-0.1, -0.05) is 30.3 Å². The van der Waals surface area contributed by atoms with Crippen LogP contribution in [0.3, 0.4) is 0 Å². The van der Waals surface area contributed by atoms with Crippen molar-refractivity contribution in [1.82, 2.24) is 0 Å². The summed E-state index contributed by atoms with van der Waals surface area (Å²) in [7, 11) is 0. The van der Waals surface area contributed by atoms with Crippen LogP contribution in [0, 0.1) is 3.57 Å². The summed E-state index contributed by atoms with van der Waals surface area (Å²) in [5.41, 5.74) is 2.74. The second kappa shape index (κ2) is 10.8. The molecule has 0 amide bonds. The number of cyclic esters (lactones) is 1. The average molecular weight is 683 g/mol. The SMILES string of the molecule is CCOc1cc(/C=C2\N=C(c3ccccc3Br)OC2=O)cc(Br)c1OCc1ccccc1I. The molecule has 4 rings (SSSR count). The standard InChI is InChI=1S/C25H18Br2INO4/c1-2-31-22-13-15(11-19(27)23(22)32-14-16-7-3-6-10-20(16)28)12-21-25(30)33-24(29-21)17-8-4-5-9-18(17)26/h3-13H,2,14H2,1H3/b21-12-. The van der Waals surface area contributed by atoms with Crippen LogP contribution in [0.4, 0.5) is 0 Å². The van der Waals surface area contributed by atoms with Crippen LogP contribution in [0.25, 0.3) is 6.08 Å². The van der Waals surface area contributed by atoms with E-state index in [1.807, 2.05) is 67.6 Å². The second-order valence-corrected chi connectivity index (χ2v) is 9.83. The fourth-order valence-electron chi connectivity index (χ4n) is 3.16. The van der Waals surface area contributed by atoms with Gasteiger partial charge in [-0.2, -0.15) is 0 Å². The maximum atomic E-state index is 12.4. The highest BCUT2D eigenvalue weighted by atomic mass is 127. The zero-order valence-corrected chi connectivity index (χ0v) is 22.8. The van der Waals surface area contributed by atoms with Gasteiger partial charge >= 0.3 is 5.97 Å². The highest BCUT2D eigenvalue weighted by Gasteiger charge is 2.25. The molecule has 0 aliphatic carbocycles. The van der Waals surface area contributed by atoms with E-state index in [1.165, 1.54) is 0 Å². The van der Waals surface area contributed by atoms with E-state index in [9.17, 15) is 4.79 Å². The normalized spacial score (nSPS) is 14.2. The van der Waals surface area contributed by atoms with Crippen molar-refractivity contribution in [3.05, 3.63) is 95.6 Å². The number of aliphatic imine (C=N–C) groups is 1. The van der Waals surface area contributed by atoms with Crippen LogP contribution in [0.2, 0.25) is 0 Å². The molecule has 0 unspecified atom stereocenters. The van der Waals surface area contributed by atoms with Crippen molar-refractivity contribution < 1.29 is 19.0 Å². The van der Waals surface area contributed by atoms with Crippen LogP contribution in [-0.4, -0.2) is 18.5 Å². The average Bonchev–Trinajstić information content (AvgIpc) is 3.14. The minimum atomic E-state index is -0.506. The third-order valence-corrected chi connectivity index (χ3v) is 7.02. The van der Waals surface area contributed by atoms with Gasteiger partial charge in [0.25, 0.3) is 0 Å². The molecule has 1 aliphatic heterocycles. The summed E-state index contributed by atoms with van der Waals surface area (Å²) in [5.74, 6) is 0.935. The van der Waals surface area contributed by atoms with Gasteiger partial charge in [0.2, 0.25) is 5.90 Å². The molecule has 3 aromatic rings. The van der Waals surface area contributed by atoms with E-state index in [-0.39, 0.29) is 11.6 Å². The van der Waals surface area contributed by atoms with Gasteiger partial charge in [-0.15, -0.1) is 0 Å². The minimum Gasteiger partial charge on any atom is -0.490 e. The Morgan fingerprint density at radius 2 is 1.79 bits per heavy atom. The molecule has 0 spiro atoms. The molecule has 0 fully saturated rings. The summed E-state index contributed by atoms with van der Waals surface area (Å²) in [6, 6.07) is 19.2. The number of ether oxygens (including phenoxy) is 3. The molecule has 0 saturated heterocycles. The second-order valence-electron chi connectivity index (χ2n) is 6.96. The number of esters is 1. The molecule has 0 radical (unpaired) electrons. The number of hydrogen-bond donors (Lipinski definition) is 0. The first-order valence-electron chi connectivity index (χ1n) is 10.1. The molecule has 1 aliphatic rings. The van der Waals surface area contributed by atoms with Gasteiger partial charge in [0.1, 0.15) is 6.61 Å². The van der Waals surface area contributed by atoms with Gasteiger partial charge in [-0.25, -0.2) is 9.79 Å². The van der Waals surface area contributed by atoms with Gasteiger partial charge in [0, 0.05) is 13.6 Å². The summed E-state index contributed by atoms with van der Waals surface area (Å²) in [5, 5.41) is 0. The molecule has 3 aromatic carbocycles. The van der Waals surface area contributed by atoms with Crippen molar-refractivity contribution in [2.45, 2.75) is 13.5 Å². The Morgan fingerprint density at radius 3 is 2.55 bits per heavy atom. The largest absolute Gasteiger partial charge is 0.490 e. The number of rotatable bonds is 7. The van der Waals surface area contributed by atoms with Crippen LogP contribution in [0.5, 0.6) is 11.5 Å². The third-order valence-electron chi connectivity index (χ3n) is 4.69. The lowest BCUT2D eigenvalue weighted by Crippen LogP contribution is -2.06. The van der Waals surface area contributed by atoms with Crippen LogP contribution >= 0.6 is 54.5 Å². The molecular formula is C25H18Br2INO4. The van der Waals surface area contributed by atoms with Crippen LogP contribution in [0.1, 0.15) is 23.6 Å². The van der Waals surface area contributed by atoms with Crippen molar-refractivity contribution in [1.29, 1.82) is 0 Å². The molecule has 0 saturated carbocycles. The number of carbonyl (C=O) groups is 1. The molecule has 33 heavy (non-hydrogen) atoms.